The zero-order valence-corrected chi connectivity index (χ0v) is 11.3. The van der Waals surface area contributed by atoms with E-state index in [-0.39, 0.29) is 0 Å². The van der Waals surface area contributed by atoms with Crippen molar-refractivity contribution in [3.05, 3.63) is 15.6 Å². The van der Waals surface area contributed by atoms with Crippen molar-refractivity contribution < 1.29 is 5.11 Å². The molecule has 2 N–H and O–H groups in total. The van der Waals surface area contributed by atoms with E-state index in [1.807, 2.05) is 6.92 Å². The maximum Gasteiger partial charge on any atom is 0.0959 e. The summed E-state index contributed by atoms with van der Waals surface area (Å²) in [6.07, 6.45) is 4.97. The summed E-state index contributed by atoms with van der Waals surface area (Å²) in [5, 5.41) is 15.4. The molecule has 0 radical (unpaired) electrons. The molecule has 0 amide bonds. The highest BCUT2D eigenvalue weighted by Gasteiger charge is 2.42. The lowest BCUT2D eigenvalue weighted by Crippen LogP contribution is -2.49. The minimum absolute atomic E-state index is 0.520. The summed E-state index contributed by atoms with van der Waals surface area (Å²) in [7, 11) is 0. The highest BCUT2D eigenvalue weighted by molar-refractivity contribution is 7.11. The molecule has 0 aromatic carbocycles. The van der Waals surface area contributed by atoms with E-state index in [1.54, 1.807) is 11.3 Å². The molecule has 1 aromatic rings. The molecule has 3 nitrogen and oxygen atoms in total. The number of aromatic nitrogens is 1. The standard InChI is InChI=1S/C13H20N2OS/c1-8-9(2)17-12(14-8)7-13(16)5-10-3-4-11(6-13)15-10/h10-11,15-16H,3-7H2,1-2H3. The summed E-state index contributed by atoms with van der Waals surface area (Å²) in [5.74, 6) is 0. The molecule has 3 heterocycles. The Morgan fingerprint density at radius 1 is 1.35 bits per heavy atom. The second kappa shape index (κ2) is 4.04. The number of piperidine rings is 1. The Balaban J connectivity index is 1.75. The molecular weight excluding hydrogens is 232 g/mol. The number of fused-ring (bicyclic) bond motifs is 2. The van der Waals surface area contributed by atoms with E-state index >= 15 is 0 Å². The Morgan fingerprint density at radius 2 is 2.00 bits per heavy atom. The fraction of sp³-hybridized carbons (Fsp3) is 0.769. The number of aryl methyl sites for hydroxylation is 2. The van der Waals surface area contributed by atoms with E-state index in [0.29, 0.717) is 12.1 Å². The number of hydrogen-bond donors (Lipinski definition) is 2. The summed E-state index contributed by atoms with van der Waals surface area (Å²) < 4.78 is 0. The fourth-order valence-corrected chi connectivity index (χ4v) is 4.34. The summed E-state index contributed by atoms with van der Waals surface area (Å²) >= 11 is 1.74. The van der Waals surface area contributed by atoms with Gasteiger partial charge in [0.15, 0.2) is 0 Å². The summed E-state index contributed by atoms with van der Waals surface area (Å²) in [6, 6.07) is 1.06. The minimum Gasteiger partial charge on any atom is -0.389 e. The van der Waals surface area contributed by atoms with Crippen molar-refractivity contribution in [2.75, 3.05) is 0 Å². The van der Waals surface area contributed by atoms with E-state index < -0.39 is 5.60 Å². The number of aliphatic hydroxyl groups is 1. The molecule has 2 aliphatic heterocycles. The molecule has 17 heavy (non-hydrogen) atoms. The molecule has 2 fully saturated rings. The molecule has 0 aliphatic carbocycles. The van der Waals surface area contributed by atoms with Crippen LogP contribution in [0.5, 0.6) is 0 Å². The second-order valence-corrected chi connectivity index (χ2v) is 6.98. The van der Waals surface area contributed by atoms with Crippen LogP contribution < -0.4 is 5.32 Å². The van der Waals surface area contributed by atoms with Gasteiger partial charge in [0.05, 0.1) is 16.3 Å². The topological polar surface area (TPSA) is 45.2 Å². The molecule has 3 rings (SSSR count). The van der Waals surface area contributed by atoms with Crippen LogP contribution >= 0.6 is 11.3 Å². The molecule has 4 heteroatoms. The van der Waals surface area contributed by atoms with Gasteiger partial charge in [-0.2, -0.15) is 0 Å². The summed E-state index contributed by atoms with van der Waals surface area (Å²) in [6.45, 7) is 4.15. The van der Waals surface area contributed by atoms with Gasteiger partial charge in [0.25, 0.3) is 0 Å². The van der Waals surface area contributed by atoms with Crippen molar-refractivity contribution in [3.8, 4) is 0 Å². The minimum atomic E-state index is -0.520. The van der Waals surface area contributed by atoms with Gasteiger partial charge in [-0.1, -0.05) is 0 Å². The molecule has 0 spiro atoms. The maximum absolute atomic E-state index is 10.7. The Morgan fingerprint density at radius 3 is 2.53 bits per heavy atom. The molecule has 2 unspecified atom stereocenters. The molecule has 1 aromatic heterocycles. The Bertz CT molecular complexity index is 398. The van der Waals surface area contributed by atoms with Crippen molar-refractivity contribution in [2.45, 2.75) is 63.6 Å². The van der Waals surface area contributed by atoms with Gasteiger partial charge in [-0.25, -0.2) is 4.98 Å². The molecule has 94 valence electrons. The van der Waals surface area contributed by atoms with Gasteiger partial charge in [-0.15, -0.1) is 11.3 Å². The molecule has 2 bridgehead atoms. The molecule has 0 saturated carbocycles. The van der Waals surface area contributed by atoms with Gasteiger partial charge in [0.1, 0.15) is 0 Å². The van der Waals surface area contributed by atoms with Crippen molar-refractivity contribution in [1.29, 1.82) is 0 Å². The number of nitrogens with one attached hydrogen (secondary N) is 1. The van der Waals surface area contributed by atoms with E-state index in [2.05, 4.69) is 17.2 Å². The van der Waals surface area contributed by atoms with Crippen LogP contribution in [0.25, 0.3) is 0 Å². The van der Waals surface area contributed by atoms with Crippen molar-refractivity contribution in [3.63, 3.8) is 0 Å². The van der Waals surface area contributed by atoms with E-state index in [1.165, 1.54) is 17.7 Å². The largest absolute Gasteiger partial charge is 0.389 e. The summed E-state index contributed by atoms with van der Waals surface area (Å²) in [4.78, 5) is 5.84. The van der Waals surface area contributed by atoms with E-state index in [9.17, 15) is 5.11 Å². The van der Waals surface area contributed by atoms with Gasteiger partial charge in [-0.05, 0) is 39.5 Å². The van der Waals surface area contributed by atoms with Crippen molar-refractivity contribution >= 4 is 11.3 Å². The predicted molar refractivity (Wildman–Crippen MR) is 69.4 cm³/mol. The highest BCUT2D eigenvalue weighted by Crippen LogP contribution is 2.36. The third kappa shape index (κ3) is 2.26. The van der Waals surface area contributed by atoms with Crippen molar-refractivity contribution in [2.24, 2.45) is 0 Å². The van der Waals surface area contributed by atoms with Crippen LogP contribution in [0.15, 0.2) is 0 Å². The zero-order valence-electron chi connectivity index (χ0n) is 10.5. The van der Waals surface area contributed by atoms with Crippen LogP contribution in [-0.2, 0) is 6.42 Å². The van der Waals surface area contributed by atoms with Gasteiger partial charge in [-0.3, -0.25) is 0 Å². The zero-order chi connectivity index (χ0) is 12.0. The van der Waals surface area contributed by atoms with Gasteiger partial charge < -0.3 is 10.4 Å². The van der Waals surface area contributed by atoms with Crippen LogP contribution in [0, 0.1) is 13.8 Å². The fourth-order valence-electron chi connectivity index (χ4n) is 3.27. The van der Waals surface area contributed by atoms with Crippen molar-refractivity contribution in [1.82, 2.24) is 10.3 Å². The lowest BCUT2D eigenvalue weighted by atomic mass is 9.85. The second-order valence-electron chi connectivity index (χ2n) is 5.70. The first-order chi connectivity index (χ1) is 8.04. The van der Waals surface area contributed by atoms with Crippen LogP contribution in [0.3, 0.4) is 0 Å². The average molecular weight is 252 g/mol. The first kappa shape index (κ1) is 11.6. The number of nitrogens with zero attached hydrogens (tertiary/aromatic N) is 1. The van der Waals surface area contributed by atoms with Crippen LogP contribution in [0.1, 0.15) is 41.3 Å². The van der Waals surface area contributed by atoms with E-state index in [4.69, 9.17) is 0 Å². The Labute approximate surface area is 106 Å². The molecular formula is C13H20N2OS. The smallest absolute Gasteiger partial charge is 0.0959 e. The first-order valence-corrected chi connectivity index (χ1v) is 7.27. The van der Waals surface area contributed by atoms with Gasteiger partial charge in [0.2, 0.25) is 0 Å². The summed E-state index contributed by atoms with van der Waals surface area (Å²) in [5.41, 5.74) is 0.596. The van der Waals surface area contributed by atoms with Gasteiger partial charge >= 0.3 is 0 Å². The van der Waals surface area contributed by atoms with Crippen LogP contribution in [0.4, 0.5) is 0 Å². The SMILES string of the molecule is Cc1nc(CC2(O)CC3CCC(C2)N3)sc1C. The number of rotatable bonds is 2. The molecule has 2 saturated heterocycles. The highest BCUT2D eigenvalue weighted by atomic mass is 32.1. The lowest BCUT2D eigenvalue weighted by Gasteiger charge is -2.36. The van der Waals surface area contributed by atoms with Crippen LogP contribution in [0.2, 0.25) is 0 Å². The quantitative estimate of drug-likeness (QED) is 0.845. The number of thiazole rings is 1. The van der Waals surface area contributed by atoms with E-state index in [0.717, 1.165) is 30.0 Å². The monoisotopic (exact) mass is 252 g/mol. The predicted octanol–water partition coefficient (Wildman–Crippen LogP) is 1.95. The third-order valence-corrected chi connectivity index (χ3v) is 5.21. The Hall–Kier alpha value is -0.450. The first-order valence-electron chi connectivity index (χ1n) is 6.45. The van der Waals surface area contributed by atoms with Crippen LogP contribution in [-0.4, -0.2) is 27.8 Å². The molecule has 2 aliphatic rings. The number of hydrogen-bond acceptors (Lipinski definition) is 4. The average Bonchev–Trinajstić information content (AvgIpc) is 2.71. The Kier molecular flexibility index (Phi) is 2.76. The van der Waals surface area contributed by atoms with Gasteiger partial charge in [0, 0.05) is 23.4 Å². The molecule has 2 atom stereocenters. The third-order valence-electron chi connectivity index (χ3n) is 4.14. The normalized spacial score (nSPS) is 36.4. The lowest BCUT2D eigenvalue weighted by molar-refractivity contribution is -0.00612. The maximum atomic E-state index is 10.7.